The first-order valence-corrected chi connectivity index (χ1v) is 9.99. The lowest BCUT2D eigenvalue weighted by Gasteiger charge is -2.37. The lowest BCUT2D eigenvalue weighted by molar-refractivity contribution is -0.122. The van der Waals surface area contributed by atoms with E-state index in [1.54, 1.807) is 18.2 Å². The molecule has 3 rings (SSSR count). The van der Waals surface area contributed by atoms with Crippen LogP contribution in [0.25, 0.3) is 11.0 Å². The highest BCUT2D eigenvalue weighted by atomic mass is 19.3. The zero-order chi connectivity index (χ0) is 20.1. The zero-order valence-corrected chi connectivity index (χ0v) is 16.6. The Morgan fingerprint density at radius 1 is 1.21 bits per heavy atom. The van der Waals surface area contributed by atoms with Crippen molar-refractivity contribution in [2.45, 2.75) is 39.3 Å². The van der Waals surface area contributed by atoms with Crippen LogP contribution in [-0.2, 0) is 4.79 Å². The molecule has 2 heterocycles. The number of alkyl halides is 2. The van der Waals surface area contributed by atoms with Gasteiger partial charge in [-0.3, -0.25) is 19.2 Å². The topological polar surface area (TPSA) is 53.4 Å². The van der Waals surface area contributed by atoms with Gasteiger partial charge in [-0.1, -0.05) is 25.5 Å². The highest BCUT2D eigenvalue weighted by Gasteiger charge is 2.28. The van der Waals surface area contributed by atoms with Crippen LogP contribution in [-0.4, -0.2) is 64.5 Å². The van der Waals surface area contributed by atoms with Crippen LogP contribution in [0.15, 0.2) is 24.3 Å². The summed E-state index contributed by atoms with van der Waals surface area (Å²) in [5, 5.41) is 2.93. The van der Waals surface area contributed by atoms with E-state index >= 15 is 0 Å². The van der Waals surface area contributed by atoms with E-state index in [0.717, 1.165) is 50.1 Å². The Kier molecular flexibility index (Phi) is 6.96. The lowest BCUT2D eigenvalue weighted by Crippen LogP contribution is -2.50. The predicted molar refractivity (Wildman–Crippen MR) is 105 cm³/mol. The summed E-state index contributed by atoms with van der Waals surface area (Å²) in [6.07, 6.45) is 2.04. The largest absolute Gasteiger partial charge is 0.355 e. The van der Waals surface area contributed by atoms with Crippen LogP contribution in [0.3, 0.4) is 0 Å². The van der Waals surface area contributed by atoms with E-state index in [1.165, 1.54) is 0 Å². The van der Waals surface area contributed by atoms with Crippen molar-refractivity contribution in [1.82, 2.24) is 24.7 Å². The first-order chi connectivity index (χ1) is 13.5. The molecular formula is C20H29F2N5O. The third-order valence-corrected chi connectivity index (χ3v) is 5.37. The number of hydrogen-bond acceptors (Lipinski definition) is 4. The number of hydrogen-bond donors (Lipinski definition) is 1. The Morgan fingerprint density at radius 2 is 1.93 bits per heavy atom. The smallest absolute Gasteiger partial charge is 0.320 e. The number of aromatic nitrogens is 2. The molecule has 1 aliphatic rings. The first-order valence-electron chi connectivity index (χ1n) is 9.99. The van der Waals surface area contributed by atoms with E-state index in [4.69, 9.17) is 0 Å². The van der Waals surface area contributed by atoms with Gasteiger partial charge in [0.2, 0.25) is 5.91 Å². The molecule has 8 heteroatoms. The minimum atomic E-state index is -2.63. The van der Waals surface area contributed by atoms with Gasteiger partial charge >= 0.3 is 6.55 Å². The van der Waals surface area contributed by atoms with Crippen LogP contribution in [0, 0.1) is 0 Å². The molecule has 0 radical (unpaired) electrons. The molecule has 28 heavy (non-hydrogen) atoms. The van der Waals surface area contributed by atoms with Gasteiger partial charge in [-0.15, -0.1) is 0 Å². The van der Waals surface area contributed by atoms with Crippen LogP contribution in [0.1, 0.15) is 45.1 Å². The molecule has 0 bridgehead atoms. The maximum absolute atomic E-state index is 13.7. The summed E-state index contributed by atoms with van der Waals surface area (Å²) in [5.74, 6) is 0.441. The predicted octanol–water partition coefficient (Wildman–Crippen LogP) is 3.03. The van der Waals surface area contributed by atoms with Crippen LogP contribution >= 0.6 is 0 Å². The Bertz CT molecular complexity index is 786. The van der Waals surface area contributed by atoms with Crippen LogP contribution < -0.4 is 5.32 Å². The minimum Gasteiger partial charge on any atom is -0.355 e. The lowest BCUT2D eigenvalue weighted by atomic mass is 10.2. The molecule has 1 aromatic carbocycles. The summed E-state index contributed by atoms with van der Waals surface area (Å²) >= 11 is 0. The molecule has 0 saturated carbocycles. The van der Waals surface area contributed by atoms with Crippen molar-refractivity contribution in [1.29, 1.82) is 0 Å². The Balaban J connectivity index is 1.61. The molecule has 1 N–H and O–H groups in total. The number of fused-ring (bicyclic) bond motifs is 1. The SMILES string of the molecule is CCCCNC(=O)CN1CCN(C(C)c2nc3ccccc3n2C(F)F)CC1. The second-order valence-electron chi connectivity index (χ2n) is 7.30. The first kappa shape index (κ1) is 20.7. The molecule has 1 amide bonds. The van der Waals surface area contributed by atoms with Crippen LogP contribution in [0.4, 0.5) is 8.78 Å². The van der Waals surface area contributed by atoms with Crippen molar-refractivity contribution < 1.29 is 13.6 Å². The summed E-state index contributed by atoms with van der Waals surface area (Å²) in [4.78, 5) is 20.7. The van der Waals surface area contributed by atoms with Gasteiger partial charge in [0.1, 0.15) is 5.82 Å². The normalized spacial score (nSPS) is 17.3. The van der Waals surface area contributed by atoms with Crippen LogP contribution in [0.5, 0.6) is 0 Å². The number of halogens is 2. The number of para-hydroxylation sites is 2. The molecule has 1 atom stereocenters. The summed E-state index contributed by atoms with van der Waals surface area (Å²) in [7, 11) is 0. The number of imidazole rings is 1. The summed E-state index contributed by atoms with van der Waals surface area (Å²) < 4.78 is 28.4. The number of rotatable bonds is 8. The van der Waals surface area contributed by atoms with Crippen molar-refractivity contribution >= 4 is 16.9 Å². The molecule has 0 spiro atoms. The molecule has 1 unspecified atom stereocenters. The van der Waals surface area contributed by atoms with Gasteiger partial charge in [-0.05, 0) is 25.5 Å². The average Bonchev–Trinajstić information content (AvgIpc) is 3.08. The van der Waals surface area contributed by atoms with Gasteiger partial charge in [-0.25, -0.2) is 4.98 Å². The second kappa shape index (κ2) is 9.43. The molecular weight excluding hydrogens is 364 g/mol. The number of benzene rings is 1. The zero-order valence-electron chi connectivity index (χ0n) is 16.6. The Morgan fingerprint density at radius 3 is 2.61 bits per heavy atom. The molecule has 1 fully saturated rings. The fourth-order valence-electron chi connectivity index (χ4n) is 3.70. The average molecular weight is 393 g/mol. The number of nitrogens with one attached hydrogen (secondary N) is 1. The van der Waals surface area contributed by atoms with E-state index in [1.807, 2.05) is 13.0 Å². The molecule has 154 valence electrons. The van der Waals surface area contributed by atoms with E-state index in [9.17, 15) is 13.6 Å². The number of piperazine rings is 1. The minimum absolute atomic E-state index is 0.0504. The maximum Gasteiger partial charge on any atom is 0.320 e. The molecule has 1 aromatic heterocycles. The fraction of sp³-hybridized carbons (Fsp3) is 0.600. The van der Waals surface area contributed by atoms with E-state index < -0.39 is 6.55 Å². The van der Waals surface area contributed by atoms with E-state index in [0.29, 0.717) is 23.4 Å². The number of nitrogens with zero attached hydrogens (tertiary/aromatic N) is 4. The quantitative estimate of drug-likeness (QED) is 0.701. The summed E-state index contributed by atoms with van der Waals surface area (Å²) in [5.41, 5.74) is 1.05. The summed E-state index contributed by atoms with van der Waals surface area (Å²) in [6, 6.07) is 6.78. The standard InChI is InChI=1S/C20H29F2N5O/c1-3-4-9-23-18(28)14-25-10-12-26(13-11-25)15(2)19-24-16-7-5-6-8-17(16)27(19)20(21)22/h5-8,15,20H,3-4,9-14H2,1-2H3,(H,23,28). The van der Waals surface area contributed by atoms with Gasteiger partial charge in [0, 0.05) is 32.7 Å². The van der Waals surface area contributed by atoms with E-state index in [-0.39, 0.29) is 11.9 Å². The number of amides is 1. The number of carbonyl (C=O) groups excluding carboxylic acids is 1. The molecule has 1 saturated heterocycles. The third-order valence-electron chi connectivity index (χ3n) is 5.37. The molecule has 6 nitrogen and oxygen atoms in total. The van der Waals surface area contributed by atoms with Gasteiger partial charge < -0.3 is 5.32 Å². The van der Waals surface area contributed by atoms with Crippen molar-refractivity contribution in [3.8, 4) is 0 Å². The Hall–Kier alpha value is -2.06. The Labute approximate surface area is 164 Å². The molecule has 0 aliphatic carbocycles. The van der Waals surface area contributed by atoms with Gasteiger partial charge in [0.25, 0.3) is 0 Å². The molecule has 1 aliphatic heterocycles. The highest BCUT2D eigenvalue weighted by Crippen LogP contribution is 2.29. The van der Waals surface area contributed by atoms with Gasteiger partial charge in [0.15, 0.2) is 0 Å². The molecule has 2 aromatic rings. The maximum atomic E-state index is 13.7. The summed E-state index contributed by atoms with van der Waals surface area (Å²) in [6.45, 7) is 5.41. The van der Waals surface area contributed by atoms with Crippen molar-refractivity contribution in [2.24, 2.45) is 0 Å². The fourth-order valence-corrected chi connectivity index (χ4v) is 3.70. The van der Waals surface area contributed by atoms with Crippen LogP contribution in [0.2, 0.25) is 0 Å². The van der Waals surface area contributed by atoms with Crippen molar-refractivity contribution in [3.05, 3.63) is 30.1 Å². The highest BCUT2D eigenvalue weighted by molar-refractivity contribution is 5.78. The third kappa shape index (κ3) is 4.67. The van der Waals surface area contributed by atoms with Crippen molar-refractivity contribution in [3.63, 3.8) is 0 Å². The van der Waals surface area contributed by atoms with Gasteiger partial charge in [-0.2, -0.15) is 8.78 Å². The number of unbranched alkanes of at least 4 members (excludes halogenated alkanes) is 1. The monoisotopic (exact) mass is 393 g/mol. The van der Waals surface area contributed by atoms with Crippen molar-refractivity contribution in [2.75, 3.05) is 39.3 Å². The van der Waals surface area contributed by atoms with Gasteiger partial charge in [0.05, 0.1) is 23.6 Å². The number of carbonyl (C=O) groups is 1. The second-order valence-corrected chi connectivity index (χ2v) is 7.30. The van der Waals surface area contributed by atoms with E-state index in [2.05, 4.69) is 27.0 Å².